The number of hydrogen-bond donors (Lipinski definition) is 5. The summed E-state index contributed by atoms with van der Waals surface area (Å²) in [6, 6.07) is 6.93. The molecule has 3 heterocycles. The Morgan fingerprint density at radius 1 is 0.707 bits per heavy atom. The maximum Gasteiger partial charge on any atom is 0.229 e. The molecule has 3 saturated heterocycles. The lowest BCUT2D eigenvalue weighted by Gasteiger charge is -2.39. The van der Waals surface area contributed by atoms with Gasteiger partial charge in [-0.05, 0) is 35.4 Å². The molecule has 0 radical (unpaired) electrons. The van der Waals surface area contributed by atoms with Gasteiger partial charge in [0.05, 0.1) is 60.5 Å². The van der Waals surface area contributed by atoms with Crippen LogP contribution in [0.2, 0.25) is 0 Å². The number of aromatic hydroxyl groups is 1. The standard InChI is InChI=1S/C28H36O13/c1-34-16-5-12(6-17(35-2)21(16)30)25-14-10-39-26(15(14)11-38-25)13-7-18(36-3)27(19(8-13)37-4)41-28-24(33)23(32)22(31)20(9-29)40-28/h5-8,14-15,20,22-26,28-33H,9-11H2,1-4H3/t14-,15-,20-,22-,23-,24+,25+,26+,28+/m0/s1. The molecule has 2 aromatic carbocycles. The number of aliphatic hydroxyl groups is 4. The summed E-state index contributed by atoms with van der Waals surface area (Å²) < 4.78 is 45.7. The highest BCUT2D eigenvalue weighted by Gasteiger charge is 2.49. The maximum absolute atomic E-state index is 10.5. The molecular formula is C28H36O13. The van der Waals surface area contributed by atoms with Gasteiger partial charge in [0.25, 0.3) is 0 Å². The molecule has 2 aromatic rings. The van der Waals surface area contributed by atoms with Gasteiger partial charge in [0.1, 0.15) is 24.4 Å². The van der Waals surface area contributed by atoms with Gasteiger partial charge in [-0.25, -0.2) is 0 Å². The average molecular weight is 581 g/mol. The molecule has 0 bridgehead atoms. The van der Waals surface area contributed by atoms with E-state index in [0.29, 0.717) is 13.2 Å². The van der Waals surface area contributed by atoms with Gasteiger partial charge in [-0.2, -0.15) is 0 Å². The molecule has 0 aromatic heterocycles. The fraction of sp³-hybridized carbons (Fsp3) is 0.571. The Hall–Kier alpha value is -3.04. The minimum atomic E-state index is -1.61. The van der Waals surface area contributed by atoms with Gasteiger partial charge < -0.3 is 63.4 Å². The third-order valence-corrected chi connectivity index (χ3v) is 7.99. The molecule has 3 fully saturated rings. The van der Waals surface area contributed by atoms with Gasteiger partial charge in [-0.15, -0.1) is 0 Å². The van der Waals surface area contributed by atoms with Crippen molar-refractivity contribution in [3.05, 3.63) is 35.4 Å². The number of rotatable bonds is 9. The zero-order valence-corrected chi connectivity index (χ0v) is 23.1. The number of benzene rings is 2. The number of fused-ring (bicyclic) bond motifs is 1. The molecule has 13 nitrogen and oxygen atoms in total. The summed E-state index contributed by atoms with van der Waals surface area (Å²) >= 11 is 0. The fourth-order valence-electron chi connectivity index (χ4n) is 5.77. The van der Waals surface area contributed by atoms with E-state index in [0.717, 1.165) is 11.1 Å². The first-order chi connectivity index (χ1) is 19.8. The molecule has 5 N–H and O–H groups in total. The van der Waals surface area contributed by atoms with E-state index in [1.54, 1.807) is 24.3 Å². The lowest BCUT2D eigenvalue weighted by atomic mass is 9.84. The van der Waals surface area contributed by atoms with Crippen molar-refractivity contribution in [2.24, 2.45) is 11.8 Å². The molecule has 3 aliphatic rings. The quantitative estimate of drug-likeness (QED) is 0.280. The highest BCUT2D eigenvalue weighted by Crippen LogP contribution is 2.53. The summed E-state index contributed by atoms with van der Waals surface area (Å²) in [5.41, 5.74) is 1.55. The second kappa shape index (κ2) is 12.1. The van der Waals surface area contributed by atoms with Crippen molar-refractivity contribution in [3.8, 4) is 34.5 Å². The summed E-state index contributed by atoms with van der Waals surface area (Å²) in [4.78, 5) is 0. The molecular weight excluding hydrogens is 544 g/mol. The van der Waals surface area contributed by atoms with Crippen LogP contribution in [0.25, 0.3) is 0 Å². The number of aliphatic hydroxyl groups excluding tert-OH is 4. The summed E-state index contributed by atoms with van der Waals surface area (Å²) in [6.45, 7) is 0.241. The minimum absolute atomic E-state index is 0.000914. The van der Waals surface area contributed by atoms with Crippen LogP contribution < -0.4 is 23.7 Å². The predicted octanol–water partition coefficient (Wildman–Crippen LogP) is 0.680. The van der Waals surface area contributed by atoms with E-state index in [1.807, 2.05) is 0 Å². The van der Waals surface area contributed by atoms with Gasteiger partial charge in [-0.3, -0.25) is 0 Å². The lowest BCUT2D eigenvalue weighted by molar-refractivity contribution is -0.277. The van der Waals surface area contributed by atoms with E-state index in [2.05, 4.69) is 0 Å². The SMILES string of the molecule is COc1cc([C@H]2OC[C@H]3[C@@H]2CO[C@@H]3c2cc(OC)c(O[C@H]3O[C@@H](CO)[C@H](O)[C@H](O)[C@H]3O)c(OC)c2)cc(OC)c1O. The average Bonchev–Trinajstić information content (AvgIpc) is 3.60. The summed E-state index contributed by atoms with van der Waals surface area (Å²) in [5, 5.41) is 50.5. The van der Waals surface area contributed by atoms with Crippen molar-refractivity contribution in [3.63, 3.8) is 0 Å². The summed E-state index contributed by atoms with van der Waals surface area (Å²) in [7, 11) is 5.82. The second-order valence-electron chi connectivity index (χ2n) is 10.2. The molecule has 0 saturated carbocycles. The van der Waals surface area contributed by atoms with Gasteiger partial charge >= 0.3 is 0 Å². The Bertz CT molecular complexity index is 1170. The smallest absolute Gasteiger partial charge is 0.229 e. The first-order valence-electron chi connectivity index (χ1n) is 13.2. The normalized spacial score (nSPS) is 32.8. The number of phenolic OH excluding ortho intramolecular Hbond substituents is 1. The van der Waals surface area contributed by atoms with E-state index in [4.69, 9.17) is 37.9 Å². The van der Waals surface area contributed by atoms with Crippen LogP contribution in [0.15, 0.2) is 24.3 Å². The number of ether oxygens (including phenoxy) is 8. The molecule has 226 valence electrons. The third-order valence-electron chi connectivity index (χ3n) is 7.99. The summed E-state index contributed by atoms with van der Waals surface area (Å²) in [6.07, 6.45) is -7.96. The Morgan fingerprint density at radius 2 is 1.17 bits per heavy atom. The van der Waals surface area contributed by atoms with Crippen LogP contribution in [0.4, 0.5) is 0 Å². The van der Waals surface area contributed by atoms with Crippen molar-refractivity contribution < 1.29 is 63.4 Å². The highest BCUT2D eigenvalue weighted by atomic mass is 16.7. The van der Waals surface area contributed by atoms with Crippen LogP contribution in [-0.4, -0.2) is 104 Å². The van der Waals surface area contributed by atoms with Crippen LogP contribution in [0.3, 0.4) is 0 Å². The summed E-state index contributed by atoms with van der Waals surface area (Å²) in [5.74, 6) is 1.08. The van der Waals surface area contributed by atoms with Crippen molar-refractivity contribution in [1.29, 1.82) is 0 Å². The first kappa shape index (κ1) is 29.5. The van der Waals surface area contributed by atoms with Crippen molar-refractivity contribution in [1.82, 2.24) is 0 Å². The third kappa shape index (κ3) is 5.23. The van der Waals surface area contributed by atoms with Crippen LogP contribution in [0.1, 0.15) is 23.3 Å². The van der Waals surface area contributed by atoms with Crippen LogP contribution in [0, 0.1) is 11.8 Å². The molecule has 13 heteroatoms. The first-order valence-corrected chi connectivity index (χ1v) is 13.2. The van der Waals surface area contributed by atoms with E-state index < -0.39 is 37.3 Å². The van der Waals surface area contributed by atoms with Gasteiger partial charge in [0.15, 0.2) is 23.0 Å². The Morgan fingerprint density at radius 3 is 1.61 bits per heavy atom. The van der Waals surface area contributed by atoms with E-state index in [1.165, 1.54) is 28.4 Å². The molecule has 0 unspecified atom stereocenters. The van der Waals surface area contributed by atoms with E-state index in [-0.39, 0.29) is 58.5 Å². The topological polar surface area (TPSA) is 175 Å². The van der Waals surface area contributed by atoms with Gasteiger partial charge in [-0.1, -0.05) is 0 Å². The van der Waals surface area contributed by atoms with Crippen LogP contribution in [-0.2, 0) is 14.2 Å². The lowest BCUT2D eigenvalue weighted by Crippen LogP contribution is -2.60. The Balaban J connectivity index is 1.40. The molecule has 41 heavy (non-hydrogen) atoms. The van der Waals surface area contributed by atoms with E-state index >= 15 is 0 Å². The zero-order valence-electron chi connectivity index (χ0n) is 23.1. The monoisotopic (exact) mass is 580 g/mol. The van der Waals surface area contributed by atoms with Crippen molar-refractivity contribution in [2.75, 3.05) is 48.3 Å². The maximum atomic E-state index is 10.5. The molecule has 5 rings (SSSR count). The fourth-order valence-corrected chi connectivity index (χ4v) is 5.77. The highest BCUT2D eigenvalue weighted by molar-refractivity contribution is 5.55. The molecule has 0 aliphatic carbocycles. The minimum Gasteiger partial charge on any atom is -0.502 e. The number of methoxy groups -OCH3 is 4. The molecule has 3 aliphatic heterocycles. The Labute approximate surface area is 236 Å². The number of phenols is 1. The van der Waals surface area contributed by atoms with Gasteiger partial charge in [0, 0.05) is 11.8 Å². The van der Waals surface area contributed by atoms with Gasteiger partial charge in [0.2, 0.25) is 17.8 Å². The van der Waals surface area contributed by atoms with Crippen molar-refractivity contribution in [2.45, 2.75) is 42.9 Å². The molecule has 0 amide bonds. The Kier molecular flexibility index (Phi) is 8.66. The van der Waals surface area contributed by atoms with Crippen LogP contribution in [0.5, 0.6) is 34.5 Å². The molecule has 0 spiro atoms. The number of hydrogen-bond acceptors (Lipinski definition) is 13. The molecule has 9 atom stereocenters. The second-order valence-corrected chi connectivity index (χ2v) is 10.2. The van der Waals surface area contributed by atoms with E-state index in [9.17, 15) is 25.5 Å². The zero-order chi connectivity index (χ0) is 29.4. The largest absolute Gasteiger partial charge is 0.502 e. The van der Waals surface area contributed by atoms with Crippen molar-refractivity contribution >= 4 is 0 Å². The predicted molar refractivity (Wildman–Crippen MR) is 140 cm³/mol. The van der Waals surface area contributed by atoms with Crippen LogP contribution >= 0.6 is 0 Å².